The van der Waals surface area contributed by atoms with Crippen LogP contribution in [0.2, 0.25) is 0 Å². The average molecular weight is 2060 g/mol. The lowest BCUT2D eigenvalue weighted by Crippen LogP contribution is -2.43. The van der Waals surface area contributed by atoms with Gasteiger partial charge >= 0.3 is 67.2 Å². The zero-order chi connectivity index (χ0) is 103. The summed E-state index contributed by atoms with van der Waals surface area (Å²) < 4.78 is 524. The lowest BCUT2D eigenvalue weighted by Gasteiger charge is -2.25. The van der Waals surface area contributed by atoms with E-state index in [-0.39, 0.29) is 125 Å². The standard InChI is InChI=1S/C21H32F12O6.C19H30F10O6.C17H28F8O6.C15H26F6O6.4H2/c1-14(6-37-8-15(4-34)7-36-3-2-17(22,23)12-20(28,29)30)39-10-16(5-35)9-38-13-18(24,25)11-19(26,27)21(31,32)33;1-13(35-10-15(5-31)9-34-12-16(20,21)11-18(24,25)26)6-33-8-14(4-30)7-32-3-2-17(22,23)19(27,28)29;1-12(6-29-8-13(4-26)7-28-3-2-16(20,21)22)31-10-14(5-27)9-30-11-15(18,19)17(23,24)25;1-11(27-8-13(3-23)7-26-10-15(19,20)21)4-24-5-12(2-22)6-25-9-14(16,17)18;;;;/h14-16,34-35H,2-13H2,1H3;13-15,30-31H,2-12H2,1H3;12-14,26-27H,2-11H2,1H3;11-13,22-23H,2-10H2,1H3;4*1H. The molecule has 0 aromatic carbocycles. The summed E-state index contributed by atoms with van der Waals surface area (Å²) in [6.45, 7) is -12.4. The zero-order valence-electron chi connectivity index (χ0n) is 71.3. The molecule has 0 aliphatic heterocycles. The zero-order valence-corrected chi connectivity index (χ0v) is 71.3. The molecule has 12 atom stereocenters. The quantitative estimate of drug-likeness (QED) is 0.0207. The van der Waals surface area contributed by atoms with Gasteiger partial charge in [0.25, 0.3) is 17.8 Å². The molecule has 0 spiro atoms. The number of aliphatic hydroxyl groups excluding tert-OH is 8. The second-order valence-corrected chi connectivity index (χ2v) is 29.9. The van der Waals surface area contributed by atoms with Crippen molar-refractivity contribution in [3.05, 3.63) is 0 Å². The molecular weight excluding hydrogens is 1930 g/mol. The fourth-order valence-electron chi connectivity index (χ4n) is 8.80. The summed E-state index contributed by atoms with van der Waals surface area (Å²) in [5, 5.41) is 73.5. The topological polar surface area (TPSA) is 310 Å². The minimum Gasteiger partial charge on any atom is -0.396 e. The maximum Gasteiger partial charge on any atom is 0.455 e. The first-order chi connectivity index (χ1) is 60.2. The van der Waals surface area contributed by atoms with E-state index in [0.29, 0.717) is 0 Å². The van der Waals surface area contributed by atoms with Gasteiger partial charge in [-0.2, -0.15) is 132 Å². The van der Waals surface area contributed by atoms with Crippen LogP contribution in [-0.2, 0) is 75.8 Å². The maximum absolute atomic E-state index is 13.4. The van der Waals surface area contributed by atoms with Crippen molar-refractivity contribution in [3.63, 3.8) is 0 Å². The highest BCUT2D eigenvalue weighted by atomic mass is 19.5. The molecule has 0 saturated carbocycles. The summed E-state index contributed by atoms with van der Waals surface area (Å²) in [6.07, 6.45) is -54.6. The number of ether oxygens (including phenoxy) is 16. The van der Waals surface area contributed by atoms with Crippen LogP contribution in [0.15, 0.2) is 0 Å². The van der Waals surface area contributed by atoms with Gasteiger partial charge in [-0.3, -0.25) is 0 Å². The Morgan fingerprint density at radius 2 is 0.402 bits per heavy atom. The first-order valence-electron chi connectivity index (χ1n) is 39.3. The molecule has 0 aliphatic carbocycles. The maximum atomic E-state index is 13.4. The van der Waals surface area contributed by atoms with E-state index in [1.165, 1.54) is 13.8 Å². The van der Waals surface area contributed by atoms with Gasteiger partial charge in [-0.15, -0.1) is 0 Å². The number of hydrogen-bond donors (Lipinski definition) is 8. The predicted molar refractivity (Wildman–Crippen MR) is 390 cm³/mol. The monoisotopic (exact) mass is 2060 g/mol. The van der Waals surface area contributed by atoms with E-state index in [4.69, 9.17) is 72.5 Å². The summed E-state index contributed by atoms with van der Waals surface area (Å²) in [5.41, 5.74) is 0. The lowest BCUT2D eigenvalue weighted by atomic mass is 10.1. The third-order valence-corrected chi connectivity index (χ3v) is 16.0. The fourth-order valence-corrected chi connectivity index (χ4v) is 8.80. The molecule has 0 bridgehead atoms. The molecule has 808 valence electrons. The van der Waals surface area contributed by atoms with E-state index in [0.717, 1.165) is 0 Å². The van der Waals surface area contributed by atoms with Crippen LogP contribution in [0.5, 0.6) is 0 Å². The third-order valence-electron chi connectivity index (χ3n) is 16.0. The van der Waals surface area contributed by atoms with Gasteiger partial charge in [-0.1, -0.05) is 0 Å². The van der Waals surface area contributed by atoms with Crippen molar-refractivity contribution in [1.29, 1.82) is 0 Å². The number of aliphatic hydroxyl groups is 8. The normalized spacial score (nSPS) is 16.4. The average Bonchev–Trinajstić information content (AvgIpc) is 0.810. The molecular formula is C72H124F36O24. The van der Waals surface area contributed by atoms with Crippen molar-refractivity contribution in [2.75, 3.05) is 238 Å². The summed E-state index contributed by atoms with van der Waals surface area (Å²) in [5.74, 6) is -34.0. The number of hydrogen-bond acceptors (Lipinski definition) is 24. The molecule has 0 radical (unpaired) electrons. The van der Waals surface area contributed by atoms with Crippen LogP contribution in [0.3, 0.4) is 0 Å². The van der Waals surface area contributed by atoms with Crippen LogP contribution < -0.4 is 0 Å². The molecule has 0 aromatic rings. The molecule has 24 nitrogen and oxygen atoms in total. The van der Waals surface area contributed by atoms with E-state index in [2.05, 4.69) is 23.7 Å². The Morgan fingerprint density at radius 1 is 0.189 bits per heavy atom. The predicted octanol–water partition coefficient (Wildman–Crippen LogP) is 14.3. The van der Waals surface area contributed by atoms with Crippen LogP contribution in [-0.4, -0.2) is 388 Å². The molecule has 132 heavy (non-hydrogen) atoms. The highest BCUT2D eigenvalue weighted by Crippen LogP contribution is 2.44. The molecule has 0 amide bonds. The van der Waals surface area contributed by atoms with E-state index in [1.54, 1.807) is 13.8 Å². The Bertz CT molecular complexity index is 2780. The van der Waals surface area contributed by atoms with Crippen LogP contribution in [0.4, 0.5) is 158 Å². The van der Waals surface area contributed by atoms with Gasteiger partial charge in [0.15, 0.2) is 0 Å². The molecule has 0 aliphatic rings. The van der Waals surface area contributed by atoms with Gasteiger partial charge in [0, 0.05) is 65.9 Å². The van der Waals surface area contributed by atoms with Crippen LogP contribution in [0.25, 0.3) is 0 Å². The Morgan fingerprint density at radius 3 is 0.644 bits per heavy atom. The van der Waals surface area contributed by atoms with Crippen molar-refractivity contribution >= 4 is 0 Å². The minimum absolute atomic E-state index is 0. The molecule has 0 aromatic heterocycles. The van der Waals surface area contributed by atoms with Gasteiger partial charge < -0.3 is 117 Å². The van der Waals surface area contributed by atoms with Gasteiger partial charge in [-0.25, -0.2) is 26.3 Å². The van der Waals surface area contributed by atoms with Crippen molar-refractivity contribution in [3.8, 4) is 0 Å². The van der Waals surface area contributed by atoms with Crippen LogP contribution in [0.1, 0.15) is 71.9 Å². The van der Waals surface area contributed by atoms with Gasteiger partial charge in [0.1, 0.15) is 45.9 Å². The highest BCUT2D eigenvalue weighted by molar-refractivity contribution is 4.84. The number of halogens is 36. The molecule has 0 heterocycles. The van der Waals surface area contributed by atoms with Crippen molar-refractivity contribution in [2.45, 2.75) is 176 Å². The second-order valence-electron chi connectivity index (χ2n) is 29.9. The molecule has 0 saturated heterocycles. The first-order valence-corrected chi connectivity index (χ1v) is 39.3. The van der Waals surface area contributed by atoms with Crippen molar-refractivity contribution < 1.29 is 280 Å². The number of rotatable bonds is 72. The Kier molecular flexibility index (Phi) is 68.4. The fraction of sp³-hybridized carbons (Fsp3) is 1.00. The van der Waals surface area contributed by atoms with Crippen LogP contribution >= 0.6 is 0 Å². The summed E-state index contributed by atoms with van der Waals surface area (Å²) in [7, 11) is 0. The number of alkyl halides is 36. The molecule has 8 N–H and O–H groups in total. The van der Waals surface area contributed by atoms with Gasteiger partial charge in [0.05, 0.1) is 242 Å². The molecule has 12 unspecified atom stereocenters. The summed E-state index contributed by atoms with van der Waals surface area (Å²) in [6, 6.07) is 0. The van der Waals surface area contributed by atoms with Crippen LogP contribution in [0, 0.1) is 47.3 Å². The summed E-state index contributed by atoms with van der Waals surface area (Å²) >= 11 is 0. The van der Waals surface area contributed by atoms with Gasteiger partial charge in [0.2, 0.25) is 0 Å². The Hall–Kier alpha value is -3.48. The molecule has 60 heteroatoms. The SMILES string of the molecule is CC(COCC(CO)COCC(F)(F)F)OCC(CO)COCC(F)(F)F.CC(COCC(CO)COCCC(F)(F)C(F)(F)F)OCC(CO)COCC(F)(F)CC(F)(F)F.CC(COCC(CO)COCCC(F)(F)CC(F)(F)F)OCC(CO)COCC(F)(F)CC(F)(F)C(F)(F)F.CC(COCC(CO)COCCC(F)(F)F)OCC(CO)COCC(F)(F)C(F)(F)F.[HH].[HH].[HH].[HH]. The highest BCUT2D eigenvalue weighted by Gasteiger charge is 2.62. The van der Waals surface area contributed by atoms with E-state index in [9.17, 15) is 178 Å². The largest absolute Gasteiger partial charge is 0.455 e. The lowest BCUT2D eigenvalue weighted by molar-refractivity contribution is -0.303. The van der Waals surface area contributed by atoms with E-state index >= 15 is 0 Å². The summed E-state index contributed by atoms with van der Waals surface area (Å²) in [4.78, 5) is 0. The minimum atomic E-state index is -6.16. The van der Waals surface area contributed by atoms with Crippen molar-refractivity contribution in [2.24, 2.45) is 47.3 Å². The van der Waals surface area contributed by atoms with Gasteiger partial charge in [-0.05, 0) is 27.7 Å². The second kappa shape index (κ2) is 67.0. The molecule has 0 fully saturated rings. The first kappa shape index (κ1) is 135. The molecule has 0 rings (SSSR count). The Balaban J connectivity index is -0.000000267. The van der Waals surface area contributed by atoms with E-state index < -0.39 is 314 Å². The third kappa shape index (κ3) is 77.4. The smallest absolute Gasteiger partial charge is 0.396 e. The van der Waals surface area contributed by atoms with Crippen molar-refractivity contribution in [1.82, 2.24) is 0 Å². The van der Waals surface area contributed by atoms with E-state index in [1.807, 2.05) is 0 Å². The Labute approximate surface area is 740 Å².